The van der Waals surface area contributed by atoms with Crippen LogP contribution in [0.2, 0.25) is 5.02 Å². The summed E-state index contributed by atoms with van der Waals surface area (Å²) in [6.45, 7) is 4.38. The Labute approximate surface area is 165 Å². The quantitative estimate of drug-likeness (QED) is 0.714. The van der Waals surface area contributed by atoms with Crippen molar-refractivity contribution in [2.45, 2.75) is 50.0 Å². The third-order valence-electron chi connectivity index (χ3n) is 5.01. The molecule has 0 saturated carbocycles. The number of rotatable bonds is 7. The van der Waals surface area contributed by atoms with Crippen molar-refractivity contribution in [1.29, 1.82) is 0 Å². The van der Waals surface area contributed by atoms with Crippen LogP contribution >= 0.6 is 11.6 Å². The fourth-order valence-electron chi connectivity index (χ4n) is 3.52. The maximum Gasteiger partial charge on any atom is 0.262 e. The number of likely N-dealkylation sites (tertiary alicyclic amines) is 1. The lowest BCUT2D eigenvalue weighted by molar-refractivity contribution is -0.118. The number of nitrogens with one attached hydrogen (secondary N) is 2. The molecule has 150 valence electrons. The number of unbranched alkanes of at least 4 members (excludes halogenated alkanes) is 1. The van der Waals surface area contributed by atoms with Gasteiger partial charge < -0.3 is 10.1 Å². The van der Waals surface area contributed by atoms with Gasteiger partial charge in [-0.15, -0.1) is 0 Å². The molecule has 2 N–H and O–H groups in total. The third kappa shape index (κ3) is 4.93. The van der Waals surface area contributed by atoms with Crippen molar-refractivity contribution in [3.8, 4) is 5.75 Å². The molecule has 0 radical (unpaired) electrons. The second-order valence-electron chi connectivity index (χ2n) is 7.01. The van der Waals surface area contributed by atoms with Gasteiger partial charge in [0.25, 0.3) is 5.91 Å². The summed E-state index contributed by atoms with van der Waals surface area (Å²) in [7, 11) is -3.78. The van der Waals surface area contributed by atoms with Gasteiger partial charge in [0.15, 0.2) is 6.61 Å². The van der Waals surface area contributed by atoms with Crippen LogP contribution < -0.4 is 14.8 Å². The smallest absolute Gasteiger partial charge is 0.262 e. The number of piperidine rings is 1. The minimum Gasteiger partial charge on any atom is -0.482 e. The lowest BCUT2D eigenvalue weighted by Crippen LogP contribution is -2.46. The van der Waals surface area contributed by atoms with Gasteiger partial charge in [0.05, 0.1) is 10.7 Å². The number of fused-ring (bicyclic) bond motifs is 1. The summed E-state index contributed by atoms with van der Waals surface area (Å²) in [5.74, 6) is 0.0124. The number of ether oxygens (including phenoxy) is 1. The molecule has 27 heavy (non-hydrogen) atoms. The van der Waals surface area contributed by atoms with Gasteiger partial charge in [-0.3, -0.25) is 9.69 Å². The summed E-state index contributed by atoms with van der Waals surface area (Å²) in [4.78, 5) is 13.7. The number of hydrogen-bond acceptors (Lipinski definition) is 5. The van der Waals surface area contributed by atoms with E-state index in [2.05, 4.69) is 21.9 Å². The van der Waals surface area contributed by atoms with Crippen molar-refractivity contribution in [1.82, 2.24) is 9.62 Å². The SMILES string of the molecule is CCCCN1CCCC[C@@H]1CNS(=O)(=O)c1cc2c(cc1Cl)NC(=O)CO2. The third-order valence-corrected chi connectivity index (χ3v) is 6.90. The molecular weight excluding hydrogens is 390 g/mol. The molecule has 1 aromatic rings. The Morgan fingerprint density at radius 2 is 2.19 bits per heavy atom. The van der Waals surface area contributed by atoms with Gasteiger partial charge in [-0.25, -0.2) is 13.1 Å². The molecule has 0 aliphatic carbocycles. The number of amides is 1. The Morgan fingerprint density at radius 3 is 2.96 bits per heavy atom. The summed E-state index contributed by atoms with van der Waals surface area (Å²) in [6.07, 6.45) is 5.49. The summed E-state index contributed by atoms with van der Waals surface area (Å²) in [5, 5.41) is 2.67. The Balaban J connectivity index is 1.72. The van der Waals surface area contributed by atoms with Gasteiger partial charge >= 0.3 is 0 Å². The first kappa shape index (κ1) is 20.4. The van der Waals surface area contributed by atoms with E-state index in [9.17, 15) is 13.2 Å². The predicted molar refractivity (Wildman–Crippen MR) is 105 cm³/mol. The first-order valence-corrected chi connectivity index (χ1v) is 11.3. The van der Waals surface area contributed by atoms with Crippen LogP contribution in [0.25, 0.3) is 0 Å². The van der Waals surface area contributed by atoms with Gasteiger partial charge in [0, 0.05) is 18.7 Å². The molecule has 1 aromatic carbocycles. The minimum absolute atomic E-state index is 0.0324. The average molecular weight is 416 g/mol. The lowest BCUT2D eigenvalue weighted by atomic mass is 10.0. The molecule has 0 spiro atoms. The number of carbonyl (C=O) groups excluding carboxylic acids is 1. The first-order chi connectivity index (χ1) is 12.9. The molecule has 1 amide bonds. The highest BCUT2D eigenvalue weighted by atomic mass is 35.5. The number of nitrogens with zero attached hydrogens (tertiary/aromatic N) is 1. The maximum absolute atomic E-state index is 12.8. The normalized spacial score (nSPS) is 20.7. The Bertz CT molecular complexity index is 800. The molecule has 7 nitrogen and oxygen atoms in total. The van der Waals surface area contributed by atoms with Crippen LogP contribution in [0.3, 0.4) is 0 Å². The van der Waals surface area contributed by atoms with Crippen LogP contribution in [0.5, 0.6) is 5.75 Å². The lowest BCUT2D eigenvalue weighted by Gasteiger charge is -2.35. The molecule has 1 saturated heterocycles. The monoisotopic (exact) mass is 415 g/mol. The van der Waals surface area contributed by atoms with E-state index in [1.54, 1.807) is 0 Å². The van der Waals surface area contributed by atoms with Crippen molar-refractivity contribution in [2.24, 2.45) is 0 Å². The molecule has 2 heterocycles. The first-order valence-electron chi connectivity index (χ1n) is 9.40. The molecule has 2 aliphatic heterocycles. The zero-order valence-corrected chi connectivity index (χ0v) is 17.0. The molecule has 1 atom stereocenters. The standard InChI is InChI=1S/C18H26ClN3O4S/c1-2-3-7-22-8-5-4-6-13(22)11-20-27(24,25)17-10-16-15(9-14(17)19)21-18(23)12-26-16/h9-10,13,20H,2-8,11-12H2,1H3,(H,21,23)/t13-/m1/s1. The van der Waals surface area contributed by atoms with Gasteiger partial charge in [-0.1, -0.05) is 31.4 Å². The summed E-state index contributed by atoms with van der Waals surface area (Å²) in [6, 6.07) is 2.98. The molecule has 3 rings (SSSR count). The number of sulfonamides is 1. The van der Waals surface area contributed by atoms with Crippen molar-refractivity contribution in [3.63, 3.8) is 0 Å². The van der Waals surface area contributed by atoms with E-state index in [1.807, 2.05) is 0 Å². The summed E-state index contributed by atoms with van der Waals surface area (Å²) < 4.78 is 33.6. The van der Waals surface area contributed by atoms with Crippen LogP contribution in [0, 0.1) is 0 Å². The summed E-state index contributed by atoms with van der Waals surface area (Å²) >= 11 is 6.18. The van der Waals surface area contributed by atoms with Crippen molar-refractivity contribution in [3.05, 3.63) is 17.2 Å². The molecular formula is C18H26ClN3O4S. The van der Waals surface area contributed by atoms with Crippen LogP contribution in [0.15, 0.2) is 17.0 Å². The number of benzene rings is 1. The highest BCUT2D eigenvalue weighted by Gasteiger charge is 2.27. The van der Waals surface area contributed by atoms with E-state index in [0.29, 0.717) is 18.0 Å². The van der Waals surface area contributed by atoms with Gasteiger partial charge in [-0.2, -0.15) is 0 Å². The Morgan fingerprint density at radius 1 is 1.37 bits per heavy atom. The van der Waals surface area contributed by atoms with Gasteiger partial charge in [-0.05, 0) is 38.4 Å². The van der Waals surface area contributed by atoms with Crippen LogP contribution in [-0.2, 0) is 14.8 Å². The molecule has 1 fully saturated rings. The van der Waals surface area contributed by atoms with E-state index >= 15 is 0 Å². The largest absolute Gasteiger partial charge is 0.482 e. The molecule has 0 aromatic heterocycles. The second kappa shape index (κ2) is 8.77. The minimum atomic E-state index is -3.78. The van der Waals surface area contributed by atoms with E-state index in [1.165, 1.54) is 12.1 Å². The fourth-order valence-corrected chi connectivity index (χ4v) is 5.13. The van der Waals surface area contributed by atoms with E-state index in [4.69, 9.17) is 16.3 Å². The van der Waals surface area contributed by atoms with Crippen molar-refractivity contribution in [2.75, 3.05) is 31.6 Å². The summed E-state index contributed by atoms with van der Waals surface area (Å²) in [5.41, 5.74) is 0.383. The molecule has 0 unspecified atom stereocenters. The van der Waals surface area contributed by atoms with Gasteiger partial charge in [0.1, 0.15) is 10.6 Å². The number of carbonyl (C=O) groups is 1. The second-order valence-corrected chi connectivity index (χ2v) is 9.15. The highest BCUT2D eigenvalue weighted by molar-refractivity contribution is 7.89. The topological polar surface area (TPSA) is 87.7 Å². The predicted octanol–water partition coefficient (Wildman–Crippen LogP) is 2.60. The zero-order valence-electron chi connectivity index (χ0n) is 15.5. The van der Waals surface area contributed by atoms with Crippen LogP contribution in [0.1, 0.15) is 39.0 Å². The van der Waals surface area contributed by atoms with Crippen molar-refractivity contribution < 1.29 is 17.9 Å². The van der Waals surface area contributed by atoms with Crippen LogP contribution in [-0.4, -0.2) is 51.5 Å². The number of halogens is 1. The maximum atomic E-state index is 12.8. The van der Waals surface area contributed by atoms with Gasteiger partial charge in [0.2, 0.25) is 10.0 Å². The Hall–Kier alpha value is -1.35. The highest BCUT2D eigenvalue weighted by Crippen LogP contribution is 2.35. The van der Waals surface area contributed by atoms with Crippen molar-refractivity contribution >= 4 is 33.2 Å². The number of anilines is 1. The Kier molecular flexibility index (Phi) is 6.62. The molecule has 9 heteroatoms. The zero-order chi connectivity index (χ0) is 19.4. The molecule has 2 aliphatic rings. The van der Waals surface area contributed by atoms with Crippen LogP contribution in [0.4, 0.5) is 5.69 Å². The average Bonchev–Trinajstić information content (AvgIpc) is 2.64. The molecule has 0 bridgehead atoms. The number of hydrogen-bond donors (Lipinski definition) is 2. The fraction of sp³-hybridized carbons (Fsp3) is 0.611. The van der Waals surface area contributed by atoms with E-state index in [-0.39, 0.29) is 28.5 Å². The van der Waals surface area contributed by atoms with E-state index in [0.717, 1.165) is 45.2 Å². The van der Waals surface area contributed by atoms with E-state index < -0.39 is 10.0 Å².